The lowest BCUT2D eigenvalue weighted by molar-refractivity contribution is -0.257. The van der Waals surface area contributed by atoms with Gasteiger partial charge in [-0.1, -0.05) is 23.7 Å². The van der Waals surface area contributed by atoms with E-state index in [1.165, 1.54) is 7.11 Å². The Morgan fingerprint density at radius 1 is 0.927 bits per heavy atom. The number of aromatic carboxylic acids is 1. The number of aliphatic hydroxyl groups is 2. The van der Waals surface area contributed by atoms with Crippen LogP contribution in [0.4, 0.5) is 5.69 Å². The number of carboxylic acids is 1. The zero-order chi connectivity index (χ0) is 30.6. The smallest absolute Gasteiger partial charge is 0.343 e. The average Bonchev–Trinajstić information content (AvgIpc) is 2.87. The van der Waals surface area contributed by atoms with Gasteiger partial charge < -0.3 is 66.2 Å². The molecule has 3 unspecified atom stereocenters. The highest BCUT2D eigenvalue weighted by atomic mass is 35.5. The topological polar surface area (TPSA) is 273 Å². The van der Waals surface area contributed by atoms with Crippen LogP contribution in [0.2, 0.25) is 5.02 Å². The predicted molar refractivity (Wildman–Crippen MR) is 139 cm³/mol. The van der Waals surface area contributed by atoms with Gasteiger partial charge in [-0.2, -0.15) is 0 Å². The van der Waals surface area contributed by atoms with E-state index in [0.29, 0.717) is 10.6 Å². The summed E-state index contributed by atoms with van der Waals surface area (Å²) in [6.07, 6.45) is -1.38. The minimum atomic E-state index is -1.98. The van der Waals surface area contributed by atoms with Crippen molar-refractivity contribution in [3.63, 3.8) is 0 Å². The van der Waals surface area contributed by atoms with E-state index in [2.05, 4.69) is 10.6 Å². The lowest BCUT2D eigenvalue weighted by Crippen LogP contribution is -2.76. The van der Waals surface area contributed by atoms with Crippen molar-refractivity contribution < 1.29 is 65.7 Å². The monoisotopic (exact) mass is 596 g/mol. The van der Waals surface area contributed by atoms with Gasteiger partial charge in [0.05, 0.1) is 17.7 Å². The Balaban J connectivity index is 1.69. The highest BCUT2D eigenvalue weighted by Crippen LogP contribution is 2.60. The van der Waals surface area contributed by atoms with Crippen molar-refractivity contribution in [2.75, 3.05) is 19.0 Å². The molecule has 1 fully saturated rings. The van der Waals surface area contributed by atoms with Crippen molar-refractivity contribution in [3.8, 4) is 57.1 Å². The first-order valence-electron chi connectivity index (χ1n) is 11.6. The Bertz CT molecular complexity index is 1560. The van der Waals surface area contributed by atoms with Gasteiger partial charge in [0.2, 0.25) is 11.5 Å². The molecule has 1 aliphatic heterocycles. The molecule has 13 N–H and O–H groups in total. The Morgan fingerprint density at radius 2 is 1.49 bits per heavy atom. The van der Waals surface area contributed by atoms with E-state index in [4.69, 9.17) is 16.3 Å². The predicted octanol–water partition coefficient (Wildman–Crippen LogP) is 1.52. The molecule has 16 heteroatoms. The third-order valence-corrected chi connectivity index (χ3v) is 6.88. The maximum absolute atomic E-state index is 11.5. The Labute approximate surface area is 235 Å². The standard InChI is InChI=1S/C25H25ClN2O13/c1-41-22(8-3-2-4-9(26)5-8)25(40)6-24(39,28-25)7-27-13-15(30)11(17(32)21(36)19(13)34)10-14(29)12(23(37)38)18(33)20(35)16(10)31/h2-5,22,27-36,39-40H,6-7H2,1H3,(H,37,38). The highest BCUT2D eigenvalue weighted by molar-refractivity contribution is 6.30. The first kappa shape index (κ1) is 29.4. The van der Waals surface area contributed by atoms with Crippen molar-refractivity contribution >= 4 is 23.3 Å². The molecule has 3 aromatic carbocycles. The number of anilines is 1. The third kappa shape index (κ3) is 4.75. The van der Waals surface area contributed by atoms with Gasteiger partial charge >= 0.3 is 5.97 Å². The molecular weight excluding hydrogens is 572 g/mol. The first-order chi connectivity index (χ1) is 19.1. The molecule has 41 heavy (non-hydrogen) atoms. The fourth-order valence-electron chi connectivity index (χ4n) is 4.85. The van der Waals surface area contributed by atoms with Crippen LogP contribution in [-0.2, 0) is 4.74 Å². The van der Waals surface area contributed by atoms with Crippen molar-refractivity contribution in [2.24, 2.45) is 0 Å². The number of nitrogens with one attached hydrogen (secondary N) is 2. The quantitative estimate of drug-likeness (QED) is 0.130. The summed E-state index contributed by atoms with van der Waals surface area (Å²) in [5.74, 6) is -12.7. The van der Waals surface area contributed by atoms with Crippen LogP contribution in [0, 0.1) is 0 Å². The maximum Gasteiger partial charge on any atom is 0.343 e. The fourth-order valence-corrected chi connectivity index (χ4v) is 5.05. The van der Waals surface area contributed by atoms with Crippen molar-refractivity contribution in [2.45, 2.75) is 24.0 Å². The normalized spacial score (nSPS) is 20.8. The average molecular weight is 597 g/mol. The molecule has 0 spiro atoms. The van der Waals surface area contributed by atoms with E-state index < -0.39 is 98.4 Å². The molecule has 220 valence electrons. The number of aromatic hydroxyl groups is 8. The summed E-state index contributed by atoms with van der Waals surface area (Å²) in [4.78, 5) is 11.5. The number of hydrogen-bond donors (Lipinski definition) is 13. The highest BCUT2D eigenvalue weighted by Gasteiger charge is 2.57. The number of phenolic OH excluding ortho intramolecular Hbond substituents is 6. The van der Waals surface area contributed by atoms with E-state index in [0.717, 1.165) is 0 Å². The van der Waals surface area contributed by atoms with Crippen molar-refractivity contribution in [1.29, 1.82) is 0 Å². The molecule has 0 aliphatic carbocycles. The summed E-state index contributed by atoms with van der Waals surface area (Å²) in [5.41, 5.74) is -7.57. The summed E-state index contributed by atoms with van der Waals surface area (Å²) in [6, 6.07) is 6.41. The van der Waals surface area contributed by atoms with Crippen LogP contribution < -0.4 is 10.6 Å². The Kier molecular flexibility index (Phi) is 7.28. The molecule has 1 saturated heterocycles. The van der Waals surface area contributed by atoms with Crippen molar-refractivity contribution in [3.05, 3.63) is 40.4 Å². The number of ether oxygens (including phenoxy) is 1. The summed E-state index contributed by atoms with van der Waals surface area (Å²) in [6.45, 7) is -0.592. The van der Waals surface area contributed by atoms with Crippen LogP contribution >= 0.6 is 11.6 Å². The molecule has 0 amide bonds. The molecular formula is C25H25ClN2O13. The maximum atomic E-state index is 11.5. The van der Waals surface area contributed by atoms with E-state index in [1.807, 2.05) is 0 Å². The van der Waals surface area contributed by atoms with Gasteiger partial charge in [-0.15, -0.1) is 0 Å². The van der Waals surface area contributed by atoms with Gasteiger partial charge in [0.1, 0.15) is 28.8 Å². The molecule has 0 saturated carbocycles. The van der Waals surface area contributed by atoms with Crippen LogP contribution in [0.5, 0.6) is 46.0 Å². The van der Waals surface area contributed by atoms with E-state index in [-0.39, 0.29) is 6.42 Å². The van der Waals surface area contributed by atoms with Crippen LogP contribution in [0.15, 0.2) is 24.3 Å². The lowest BCUT2D eigenvalue weighted by atomic mass is 9.82. The summed E-state index contributed by atoms with van der Waals surface area (Å²) in [7, 11) is 1.32. The SMILES string of the molecule is COC(c1cccc(Cl)c1)C1(O)CC(O)(CNc2c(O)c(O)c(O)c(-c3c(O)c(O)c(O)c(C(=O)O)c3O)c2O)N1. The van der Waals surface area contributed by atoms with E-state index >= 15 is 0 Å². The first-order valence-corrected chi connectivity index (χ1v) is 11.9. The molecule has 0 aromatic heterocycles. The molecule has 3 atom stereocenters. The van der Waals surface area contributed by atoms with Gasteiger partial charge in [0.25, 0.3) is 0 Å². The number of benzene rings is 3. The summed E-state index contributed by atoms with van der Waals surface area (Å²) < 4.78 is 5.38. The lowest BCUT2D eigenvalue weighted by Gasteiger charge is -2.54. The Morgan fingerprint density at radius 3 is 2.02 bits per heavy atom. The number of carbonyl (C=O) groups is 1. The minimum Gasteiger partial charge on any atom is -0.506 e. The van der Waals surface area contributed by atoms with Crippen LogP contribution in [0.1, 0.15) is 28.4 Å². The van der Waals surface area contributed by atoms with E-state index in [9.17, 15) is 61.0 Å². The molecule has 3 aromatic rings. The van der Waals surface area contributed by atoms with Gasteiger partial charge in [-0.3, -0.25) is 5.32 Å². The number of halogens is 1. The van der Waals surface area contributed by atoms with Crippen molar-refractivity contribution in [1.82, 2.24) is 5.32 Å². The third-order valence-electron chi connectivity index (χ3n) is 6.65. The van der Waals surface area contributed by atoms with Crippen LogP contribution in [0.3, 0.4) is 0 Å². The largest absolute Gasteiger partial charge is 0.506 e. The molecule has 1 aliphatic rings. The van der Waals surface area contributed by atoms with Gasteiger partial charge in [-0.05, 0) is 17.7 Å². The number of methoxy groups -OCH3 is 1. The molecule has 15 nitrogen and oxygen atoms in total. The summed E-state index contributed by atoms with van der Waals surface area (Å²) >= 11 is 6.01. The molecule has 0 bridgehead atoms. The fraction of sp³-hybridized carbons (Fsp3) is 0.240. The molecule has 0 radical (unpaired) electrons. The van der Waals surface area contributed by atoms with Gasteiger partial charge in [-0.25, -0.2) is 4.79 Å². The number of rotatable bonds is 8. The summed E-state index contributed by atoms with van der Waals surface area (Å²) in [5, 5.41) is 119. The zero-order valence-electron chi connectivity index (χ0n) is 20.9. The Hall–Kier alpha value is -4.54. The second-order valence-electron chi connectivity index (χ2n) is 9.38. The minimum absolute atomic E-state index is 0.368. The van der Waals surface area contributed by atoms with Gasteiger partial charge in [0.15, 0.2) is 34.5 Å². The van der Waals surface area contributed by atoms with Crippen LogP contribution in [-0.4, -0.2) is 87.2 Å². The molecule has 1 heterocycles. The van der Waals surface area contributed by atoms with Crippen LogP contribution in [0.25, 0.3) is 11.1 Å². The number of phenols is 8. The zero-order valence-corrected chi connectivity index (χ0v) is 21.7. The number of carboxylic acid groups (broad SMARTS) is 1. The van der Waals surface area contributed by atoms with Gasteiger partial charge in [0, 0.05) is 18.6 Å². The molecule has 4 rings (SSSR count). The second kappa shape index (κ2) is 10.1. The van der Waals surface area contributed by atoms with E-state index in [1.54, 1.807) is 24.3 Å². The number of hydrogen-bond acceptors (Lipinski definition) is 14. The second-order valence-corrected chi connectivity index (χ2v) is 9.81.